The fourth-order valence-corrected chi connectivity index (χ4v) is 1.72. The van der Waals surface area contributed by atoms with Crippen molar-refractivity contribution >= 4 is 38.4 Å². The maximum Gasteiger partial charge on any atom is 0.0714 e. The molecule has 0 fully saturated rings. The van der Waals surface area contributed by atoms with Gasteiger partial charge in [-0.1, -0.05) is 17.7 Å². The van der Waals surface area contributed by atoms with Gasteiger partial charge >= 0.3 is 0 Å². The van der Waals surface area contributed by atoms with Crippen molar-refractivity contribution in [2.45, 2.75) is 0 Å². The van der Waals surface area contributed by atoms with Crippen molar-refractivity contribution in [1.82, 2.24) is 4.98 Å². The van der Waals surface area contributed by atoms with Crippen LogP contribution in [0.3, 0.4) is 0 Å². The molecule has 12 heavy (non-hydrogen) atoms. The van der Waals surface area contributed by atoms with E-state index in [0.29, 0.717) is 0 Å². The zero-order valence-electron chi connectivity index (χ0n) is 6.09. The molecule has 0 atom stereocenters. The number of pyridine rings is 1. The number of rotatable bonds is 0. The van der Waals surface area contributed by atoms with Crippen molar-refractivity contribution in [3.63, 3.8) is 0 Å². The second kappa shape index (κ2) is 3.04. The topological polar surface area (TPSA) is 12.9 Å². The third-order valence-electron chi connectivity index (χ3n) is 1.67. The molecule has 0 unspecified atom stereocenters. The van der Waals surface area contributed by atoms with Crippen LogP contribution in [0.4, 0.5) is 0 Å². The maximum atomic E-state index is 5.91. The number of fused-ring (bicyclic) bond motifs is 1. The lowest BCUT2D eigenvalue weighted by Gasteiger charge is -2.00. The van der Waals surface area contributed by atoms with Crippen molar-refractivity contribution in [2.75, 3.05) is 0 Å². The Morgan fingerprint density at radius 3 is 2.92 bits per heavy atom. The molecule has 1 aromatic carbocycles. The Morgan fingerprint density at radius 1 is 1.25 bits per heavy atom. The fraction of sp³-hybridized carbons (Fsp3) is 0. The van der Waals surface area contributed by atoms with E-state index in [-0.39, 0.29) is 0 Å². The Kier molecular flexibility index (Phi) is 2.03. The Labute approximate surface area is 83.5 Å². The Bertz CT molecular complexity index is 428. The summed E-state index contributed by atoms with van der Waals surface area (Å²) in [4.78, 5) is 4.19. The van der Waals surface area contributed by atoms with E-state index in [1.54, 1.807) is 6.20 Å². The van der Waals surface area contributed by atoms with Crippen LogP contribution < -0.4 is 0 Å². The molecular weight excluding hydrogens is 237 g/mol. The highest BCUT2D eigenvalue weighted by Crippen LogP contribution is 2.29. The molecule has 0 saturated heterocycles. The van der Waals surface area contributed by atoms with Gasteiger partial charge in [-0.05, 0) is 34.1 Å². The molecule has 2 aromatic rings. The molecule has 1 heterocycles. The van der Waals surface area contributed by atoms with Crippen LogP contribution in [0.25, 0.3) is 10.9 Å². The van der Waals surface area contributed by atoms with Gasteiger partial charge in [-0.3, -0.25) is 4.98 Å². The second-order valence-corrected chi connectivity index (χ2v) is 3.63. The summed E-state index contributed by atoms with van der Waals surface area (Å²) in [5.74, 6) is 0. The fourth-order valence-electron chi connectivity index (χ4n) is 1.09. The summed E-state index contributed by atoms with van der Waals surface area (Å²) in [5, 5.41) is 1.76. The Morgan fingerprint density at radius 2 is 2.08 bits per heavy atom. The van der Waals surface area contributed by atoms with E-state index in [4.69, 9.17) is 11.6 Å². The largest absolute Gasteiger partial charge is 0.256 e. The molecule has 2 rings (SSSR count). The molecule has 0 bridgehead atoms. The first-order valence-corrected chi connectivity index (χ1v) is 4.65. The molecule has 60 valence electrons. The van der Waals surface area contributed by atoms with Gasteiger partial charge in [-0.25, -0.2) is 0 Å². The zero-order chi connectivity index (χ0) is 8.55. The summed E-state index contributed by atoms with van der Waals surface area (Å²) < 4.78 is 0.912. The molecular formula is C9H5BrClN. The molecule has 0 radical (unpaired) electrons. The van der Waals surface area contributed by atoms with E-state index >= 15 is 0 Å². The third-order valence-corrected chi connectivity index (χ3v) is 3.07. The number of hydrogen-bond donors (Lipinski definition) is 0. The SMILES string of the molecule is Clc1ccc2ncccc2c1Br. The van der Waals surface area contributed by atoms with E-state index < -0.39 is 0 Å². The van der Waals surface area contributed by atoms with E-state index in [0.717, 1.165) is 20.4 Å². The highest BCUT2D eigenvalue weighted by atomic mass is 79.9. The molecule has 0 N–H and O–H groups in total. The minimum atomic E-state index is 0.718. The van der Waals surface area contributed by atoms with Crippen molar-refractivity contribution in [3.8, 4) is 0 Å². The Balaban J connectivity index is 2.91. The smallest absolute Gasteiger partial charge is 0.0714 e. The lowest BCUT2D eigenvalue weighted by molar-refractivity contribution is 1.41. The van der Waals surface area contributed by atoms with Crippen LogP contribution in [0.2, 0.25) is 5.02 Å². The minimum Gasteiger partial charge on any atom is -0.256 e. The van der Waals surface area contributed by atoms with E-state index in [9.17, 15) is 0 Å². The van der Waals surface area contributed by atoms with E-state index in [1.807, 2.05) is 24.3 Å². The van der Waals surface area contributed by atoms with Crippen LogP contribution in [0.15, 0.2) is 34.9 Å². The summed E-state index contributed by atoms with van der Waals surface area (Å²) >= 11 is 9.32. The van der Waals surface area contributed by atoms with Crippen LogP contribution >= 0.6 is 27.5 Å². The first kappa shape index (κ1) is 8.02. The van der Waals surface area contributed by atoms with E-state index in [1.165, 1.54) is 0 Å². The average Bonchev–Trinajstić information content (AvgIpc) is 2.12. The normalized spacial score (nSPS) is 10.5. The maximum absolute atomic E-state index is 5.91. The molecule has 3 heteroatoms. The molecule has 0 aliphatic rings. The summed E-state index contributed by atoms with van der Waals surface area (Å²) in [7, 11) is 0. The lowest BCUT2D eigenvalue weighted by atomic mass is 10.2. The standard InChI is InChI=1S/C9H5BrClN/c10-9-6-2-1-5-12-8(6)4-3-7(9)11/h1-5H. The number of hydrogen-bond acceptors (Lipinski definition) is 1. The van der Waals surface area contributed by atoms with Crippen LogP contribution in [-0.4, -0.2) is 4.98 Å². The lowest BCUT2D eigenvalue weighted by Crippen LogP contribution is -1.78. The van der Waals surface area contributed by atoms with Crippen LogP contribution in [0.5, 0.6) is 0 Å². The second-order valence-electron chi connectivity index (χ2n) is 2.43. The molecule has 0 aliphatic heterocycles. The van der Waals surface area contributed by atoms with Gasteiger partial charge in [0.2, 0.25) is 0 Å². The molecule has 0 saturated carbocycles. The predicted octanol–water partition coefficient (Wildman–Crippen LogP) is 3.65. The number of benzene rings is 1. The molecule has 0 amide bonds. The van der Waals surface area contributed by atoms with Crippen molar-refractivity contribution in [1.29, 1.82) is 0 Å². The van der Waals surface area contributed by atoms with Gasteiger partial charge < -0.3 is 0 Å². The van der Waals surface area contributed by atoms with Crippen molar-refractivity contribution in [3.05, 3.63) is 40.0 Å². The molecule has 1 aromatic heterocycles. The van der Waals surface area contributed by atoms with Gasteiger partial charge in [0, 0.05) is 16.1 Å². The average molecular weight is 243 g/mol. The highest BCUT2D eigenvalue weighted by molar-refractivity contribution is 9.10. The van der Waals surface area contributed by atoms with E-state index in [2.05, 4.69) is 20.9 Å². The van der Waals surface area contributed by atoms with Gasteiger partial charge in [0.1, 0.15) is 0 Å². The summed E-state index contributed by atoms with van der Waals surface area (Å²) in [6.45, 7) is 0. The number of nitrogens with zero attached hydrogens (tertiary/aromatic N) is 1. The molecule has 0 aliphatic carbocycles. The van der Waals surface area contributed by atoms with Gasteiger partial charge in [0.05, 0.1) is 10.5 Å². The third kappa shape index (κ3) is 1.21. The summed E-state index contributed by atoms with van der Waals surface area (Å²) in [5.41, 5.74) is 0.953. The van der Waals surface area contributed by atoms with Gasteiger partial charge in [-0.2, -0.15) is 0 Å². The molecule has 1 nitrogen and oxygen atoms in total. The zero-order valence-corrected chi connectivity index (χ0v) is 8.43. The number of halogens is 2. The van der Waals surface area contributed by atoms with Gasteiger partial charge in [0.15, 0.2) is 0 Å². The summed E-state index contributed by atoms with van der Waals surface area (Å²) in [6.07, 6.45) is 1.77. The Hall–Kier alpha value is -0.600. The summed E-state index contributed by atoms with van der Waals surface area (Å²) in [6, 6.07) is 7.62. The van der Waals surface area contributed by atoms with Gasteiger partial charge in [-0.15, -0.1) is 0 Å². The monoisotopic (exact) mass is 241 g/mol. The molecule has 0 spiro atoms. The first-order chi connectivity index (χ1) is 5.79. The predicted molar refractivity (Wildman–Crippen MR) is 54.5 cm³/mol. The van der Waals surface area contributed by atoms with Crippen molar-refractivity contribution < 1.29 is 0 Å². The van der Waals surface area contributed by atoms with Crippen LogP contribution in [0.1, 0.15) is 0 Å². The first-order valence-electron chi connectivity index (χ1n) is 3.48. The quantitative estimate of drug-likeness (QED) is 0.687. The highest BCUT2D eigenvalue weighted by Gasteiger charge is 2.01. The van der Waals surface area contributed by atoms with Crippen molar-refractivity contribution in [2.24, 2.45) is 0 Å². The van der Waals surface area contributed by atoms with Crippen LogP contribution in [0, 0.1) is 0 Å². The van der Waals surface area contributed by atoms with Crippen LogP contribution in [-0.2, 0) is 0 Å². The number of aromatic nitrogens is 1. The van der Waals surface area contributed by atoms with Gasteiger partial charge in [0.25, 0.3) is 0 Å². The minimum absolute atomic E-state index is 0.718.